The second-order valence-corrected chi connectivity index (χ2v) is 7.37. The molecule has 0 spiro atoms. The maximum absolute atomic E-state index is 12.7. The second-order valence-electron chi connectivity index (χ2n) is 4.97. The zero-order valence-electron chi connectivity index (χ0n) is 11.0. The van der Waals surface area contributed by atoms with Crippen LogP contribution in [0.25, 0.3) is 0 Å². The largest absolute Gasteiger partial charge is 0.392 e. The third kappa shape index (κ3) is 3.63. The van der Waals surface area contributed by atoms with E-state index in [1.165, 1.54) is 8.61 Å². The first-order valence-electron chi connectivity index (χ1n) is 6.65. The van der Waals surface area contributed by atoms with Crippen LogP contribution in [0.3, 0.4) is 0 Å². The molecule has 6 nitrogen and oxygen atoms in total. The Kier molecular flexibility index (Phi) is 5.13. The van der Waals surface area contributed by atoms with Crippen LogP contribution in [-0.4, -0.2) is 60.9 Å². The molecule has 8 heteroatoms. The summed E-state index contributed by atoms with van der Waals surface area (Å²) in [7, 11) is -3.48. The van der Waals surface area contributed by atoms with E-state index in [1.807, 2.05) is 0 Å². The number of hydrogen-bond donors (Lipinski definition) is 1. The van der Waals surface area contributed by atoms with Crippen molar-refractivity contribution >= 4 is 27.4 Å². The fourth-order valence-electron chi connectivity index (χ4n) is 2.67. The van der Waals surface area contributed by atoms with Crippen LogP contribution in [0.15, 0.2) is 0 Å². The number of nitrogens with zero attached hydrogens (tertiary/aromatic N) is 2. The van der Waals surface area contributed by atoms with Crippen molar-refractivity contribution in [3.8, 4) is 0 Å². The summed E-state index contributed by atoms with van der Waals surface area (Å²) in [6, 6.07) is 0.0364. The lowest BCUT2D eigenvalue weighted by molar-refractivity contribution is 0.0696. The summed E-state index contributed by atoms with van der Waals surface area (Å²) in [5, 5.41) is 0. The summed E-state index contributed by atoms with van der Waals surface area (Å²) in [5.41, 5.74) is 5.57. The topological polar surface area (TPSA) is 75.9 Å². The SMILES string of the molecule is NC(=S)CN(C1CCCC1)S(=O)(=O)N1CCOCC1. The number of ether oxygens (including phenoxy) is 1. The van der Waals surface area contributed by atoms with Crippen LogP contribution < -0.4 is 5.73 Å². The number of hydrogen-bond acceptors (Lipinski definition) is 4. The molecule has 2 aliphatic rings. The van der Waals surface area contributed by atoms with Crippen LogP contribution in [0.5, 0.6) is 0 Å². The molecule has 1 aliphatic carbocycles. The standard InChI is InChI=1S/C11H21N3O3S2/c12-11(18)9-14(10-3-1-2-4-10)19(15,16)13-5-7-17-8-6-13/h10H,1-9H2,(H2,12,18). The molecule has 1 saturated carbocycles. The Hall–Kier alpha value is -0.280. The summed E-state index contributed by atoms with van der Waals surface area (Å²) in [4.78, 5) is 0.226. The van der Waals surface area contributed by atoms with Gasteiger partial charge in [0.2, 0.25) is 0 Å². The monoisotopic (exact) mass is 307 g/mol. The van der Waals surface area contributed by atoms with Gasteiger partial charge < -0.3 is 10.5 Å². The molecule has 1 aliphatic heterocycles. The van der Waals surface area contributed by atoms with Crippen molar-refractivity contribution in [1.29, 1.82) is 0 Å². The lowest BCUT2D eigenvalue weighted by Crippen LogP contribution is -2.53. The van der Waals surface area contributed by atoms with E-state index in [4.69, 9.17) is 22.7 Å². The Balaban J connectivity index is 2.17. The van der Waals surface area contributed by atoms with Gasteiger partial charge in [0.1, 0.15) is 0 Å². The van der Waals surface area contributed by atoms with Crippen molar-refractivity contribution in [2.45, 2.75) is 31.7 Å². The van der Waals surface area contributed by atoms with Gasteiger partial charge in [-0.05, 0) is 12.8 Å². The Morgan fingerprint density at radius 2 is 1.89 bits per heavy atom. The average Bonchev–Trinajstić information content (AvgIpc) is 2.90. The molecule has 2 N–H and O–H groups in total. The predicted octanol–water partition coefficient (Wildman–Crippen LogP) is 0.0941. The zero-order chi connectivity index (χ0) is 13.9. The molecule has 1 heterocycles. The van der Waals surface area contributed by atoms with Crippen LogP contribution in [0.2, 0.25) is 0 Å². The molecule has 0 amide bonds. The third-order valence-electron chi connectivity index (χ3n) is 3.64. The summed E-state index contributed by atoms with van der Waals surface area (Å²) < 4.78 is 33.6. The predicted molar refractivity (Wildman–Crippen MR) is 77.1 cm³/mol. The number of thiocarbonyl (C=S) groups is 1. The van der Waals surface area contributed by atoms with Gasteiger partial charge in [-0.2, -0.15) is 17.0 Å². The van der Waals surface area contributed by atoms with Gasteiger partial charge in [0, 0.05) is 19.1 Å². The van der Waals surface area contributed by atoms with Crippen molar-refractivity contribution in [1.82, 2.24) is 8.61 Å². The fraction of sp³-hybridized carbons (Fsp3) is 0.909. The second kappa shape index (κ2) is 6.45. The quantitative estimate of drug-likeness (QED) is 0.729. The Bertz CT molecular complexity index is 415. The van der Waals surface area contributed by atoms with Crippen LogP contribution in [0.1, 0.15) is 25.7 Å². The van der Waals surface area contributed by atoms with Gasteiger partial charge in [0.15, 0.2) is 0 Å². The molecule has 0 aromatic heterocycles. The molecule has 0 aromatic rings. The van der Waals surface area contributed by atoms with E-state index >= 15 is 0 Å². The maximum atomic E-state index is 12.7. The van der Waals surface area contributed by atoms with Gasteiger partial charge in [-0.25, -0.2) is 0 Å². The first-order chi connectivity index (χ1) is 9.01. The minimum atomic E-state index is -3.48. The molecule has 0 radical (unpaired) electrons. The summed E-state index contributed by atoms with van der Waals surface area (Å²) >= 11 is 4.91. The molecule has 110 valence electrons. The molecule has 1 saturated heterocycles. The molecule has 19 heavy (non-hydrogen) atoms. The zero-order valence-corrected chi connectivity index (χ0v) is 12.6. The van der Waals surface area contributed by atoms with Crippen LogP contribution in [0, 0.1) is 0 Å². The van der Waals surface area contributed by atoms with E-state index in [2.05, 4.69) is 0 Å². The lowest BCUT2D eigenvalue weighted by atomic mass is 10.2. The van der Waals surface area contributed by atoms with E-state index in [0.29, 0.717) is 26.3 Å². The van der Waals surface area contributed by atoms with Gasteiger partial charge >= 0.3 is 0 Å². The van der Waals surface area contributed by atoms with E-state index in [-0.39, 0.29) is 17.6 Å². The van der Waals surface area contributed by atoms with Gasteiger partial charge in [-0.15, -0.1) is 0 Å². The number of morpholine rings is 1. The molecule has 0 unspecified atom stereocenters. The van der Waals surface area contributed by atoms with Crippen LogP contribution in [-0.2, 0) is 14.9 Å². The molecular formula is C11H21N3O3S2. The van der Waals surface area contributed by atoms with Crippen molar-refractivity contribution in [3.63, 3.8) is 0 Å². The minimum absolute atomic E-state index is 0.0364. The molecule has 0 atom stereocenters. The highest BCUT2D eigenvalue weighted by molar-refractivity contribution is 7.87. The number of rotatable bonds is 5. The normalized spacial score (nSPS) is 23.0. The summed E-state index contributed by atoms with van der Waals surface area (Å²) in [6.45, 7) is 1.85. The van der Waals surface area contributed by atoms with E-state index in [9.17, 15) is 8.42 Å². The Morgan fingerprint density at radius 3 is 2.42 bits per heavy atom. The van der Waals surface area contributed by atoms with E-state index in [1.54, 1.807) is 0 Å². The Morgan fingerprint density at radius 1 is 1.32 bits per heavy atom. The molecule has 2 fully saturated rings. The van der Waals surface area contributed by atoms with Crippen molar-refractivity contribution in [2.75, 3.05) is 32.8 Å². The lowest BCUT2D eigenvalue weighted by Gasteiger charge is -2.34. The van der Waals surface area contributed by atoms with E-state index in [0.717, 1.165) is 25.7 Å². The molecule has 0 aromatic carbocycles. The minimum Gasteiger partial charge on any atom is -0.392 e. The molecule has 2 rings (SSSR count). The first-order valence-corrected chi connectivity index (χ1v) is 8.45. The van der Waals surface area contributed by atoms with Crippen LogP contribution >= 0.6 is 12.2 Å². The highest BCUT2D eigenvalue weighted by Gasteiger charge is 2.37. The van der Waals surface area contributed by atoms with Crippen molar-refractivity contribution in [2.24, 2.45) is 5.73 Å². The molecule has 0 bridgehead atoms. The van der Waals surface area contributed by atoms with Crippen molar-refractivity contribution < 1.29 is 13.2 Å². The smallest absolute Gasteiger partial charge is 0.282 e. The number of nitrogens with two attached hydrogens (primary N) is 1. The van der Waals surface area contributed by atoms with Gasteiger partial charge in [0.25, 0.3) is 10.2 Å². The summed E-state index contributed by atoms with van der Waals surface area (Å²) in [6.07, 6.45) is 3.92. The molecular weight excluding hydrogens is 286 g/mol. The Labute approximate surface area is 120 Å². The van der Waals surface area contributed by atoms with Crippen LogP contribution in [0.4, 0.5) is 0 Å². The highest BCUT2D eigenvalue weighted by atomic mass is 32.2. The van der Waals surface area contributed by atoms with Gasteiger partial charge in [-0.3, -0.25) is 0 Å². The fourth-order valence-corrected chi connectivity index (χ4v) is 4.69. The average molecular weight is 307 g/mol. The third-order valence-corrected chi connectivity index (χ3v) is 5.80. The first kappa shape index (κ1) is 15.1. The van der Waals surface area contributed by atoms with Gasteiger partial charge in [0.05, 0.1) is 24.7 Å². The maximum Gasteiger partial charge on any atom is 0.282 e. The van der Waals surface area contributed by atoms with E-state index < -0.39 is 10.2 Å². The van der Waals surface area contributed by atoms with Gasteiger partial charge in [-0.1, -0.05) is 25.1 Å². The van der Waals surface area contributed by atoms with Crippen molar-refractivity contribution in [3.05, 3.63) is 0 Å². The summed E-state index contributed by atoms with van der Waals surface area (Å²) in [5.74, 6) is 0. The highest BCUT2D eigenvalue weighted by Crippen LogP contribution is 2.27.